The van der Waals surface area contributed by atoms with Crippen LogP contribution in [0.2, 0.25) is 0 Å². The molecule has 0 fully saturated rings. The molecule has 0 aliphatic heterocycles. The second-order valence-corrected chi connectivity index (χ2v) is 6.77. The summed E-state index contributed by atoms with van der Waals surface area (Å²) < 4.78 is 17.2. The summed E-state index contributed by atoms with van der Waals surface area (Å²) in [6.45, 7) is 8.04. The third-order valence-electron chi connectivity index (χ3n) is 4.02. The molecule has 0 aromatic heterocycles. The highest BCUT2D eigenvalue weighted by Gasteiger charge is 2.29. The lowest BCUT2D eigenvalue weighted by Gasteiger charge is -2.30. The van der Waals surface area contributed by atoms with Gasteiger partial charge in [0.05, 0.1) is 13.2 Å². The van der Waals surface area contributed by atoms with Crippen LogP contribution in [0.5, 0.6) is 0 Å². The number of allylic oxidation sites excluding steroid dienone is 4. The highest BCUT2D eigenvalue weighted by Crippen LogP contribution is 2.20. The van der Waals surface area contributed by atoms with Crippen molar-refractivity contribution in [2.24, 2.45) is 5.41 Å². The molecule has 0 saturated heterocycles. The molecule has 0 amide bonds. The molecule has 0 aliphatic rings. The second kappa shape index (κ2) is 12.1. The van der Waals surface area contributed by atoms with E-state index in [1.165, 1.54) is 10.9 Å². The molecule has 0 saturated carbocycles. The van der Waals surface area contributed by atoms with Gasteiger partial charge in [-0.25, -0.2) is 0 Å². The minimum Gasteiger partial charge on any atom is -0.426 e. The Morgan fingerprint density at radius 1 is 1.08 bits per heavy atom. The van der Waals surface area contributed by atoms with Gasteiger partial charge in [0.2, 0.25) is 0 Å². The van der Waals surface area contributed by atoms with Crippen LogP contribution in [-0.4, -0.2) is 41.0 Å². The van der Waals surface area contributed by atoms with Gasteiger partial charge in [-0.15, -0.1) is 0 Å². The quantitative estimate of drug-likeness (QED) is 0.423. The van der Waals surface area contributed by atoms with Crippen molar-refractivity contribution in [2.75, 3.05) is 34.0 Å². The topological polar surface area (TPSA) is 27.7 Å². The van der Waals surface area contributed by atoms with E-state index in [-0.39, 0.29) is 12.3 Å². The molecule has 0 radical (unpaired) electrons. The maximum Gasteiger partial charge on any atom is 0.361 e. The molecule has 0 atom stereocenters. The van der Waals surface area contributed by atoms with Crippen LogP contribution in [0, 0.1) is 5.41 Å². The number of hydrogen-bond donors (Lipinski definition) is 0. The van der Waals surface area contributed by atoms with Crippen LogP contribution >= 0.6 is 0 Å². The molecular formula is C21H33BO3. The summed E-state index contributed by atoms with van der Waals surface area (Å²) in [7, 11) is 3.43. The minimum absolute atomic E-state index is 0.0861. The summed E-state index contributed by atoms with van der Waals surface area (Å²) in [6, 6.07) is 10.4. The maximum absolute atomic E-state index is 6.43. The first-order valence-electron chi connectivity index (χ1n) is 9.07. The predicted molar refractivity (Wildman–Crippen MR) is 107 cm³/mol. The minimum atomic E-state index is -0.178. The van der Waals surface area contributed by atoms with Gasteiger partial charge < -0.3 is 14.1 Å². The Labute approximate surface area is 154 Å². The van der Waals surface area contributed by atoms with Crippen LogP contribution in [0.4, 0.5) is 0 Å². The molecule has 1 rings (SSSR count). The van der Waals surface area contributed by atoms with Crippen LogP contribution in [0.1, 0.15) is 33.6 Å². The molecule has 4 heteroatoms. The SMILES string of the molecule is C/C=C\C(=C/CCC)B(OCC(C)(COC)COC)c1ccccc1. The van der Waals surface area contributed by atoms with Crippen LogP contribution in [0.15, 0.2) is 54.0 Å². The van der Waals surface area contributed by atoms with E-state index < -0.39 is 0 Å². The standard InChI is InChI=1S/C21H33BO3/c1-6-8-13-19(12-7-2)22(20-14-10-9-11-15-20)25-18-21(3,16-23-4)17-24-5/h7,9-15H,6,8,16-18H2,1-5H3/b12-7-,19-13+. The van der Waals surface area contributed by atoms with Gasteiger partial charge in [-0.05, 0) is 24.3 Å². The van der Waals surface area contributed by atoms with Crippen molar-refractivity contribution in [2.45, 2.75) is 33.6 Å². The highest BCUT2D eigenvalue weighted by atomic mass is 16.5. The second-order valence-electron chi connectivity index (χ2n) is 6.77. The average Bonchev–Trinajstić information content (AvgIpc) is 2.61. The Kier molecular flexibility index (Phi) is 10.5. The summed E-state index contributed by atoms with van der Waals surface area (Å²) >= 11 is 0. The Morgan fingerprint density at radius 3 is 2.24 bits per heavy atom. The van der Waals surface area contributed by atoms with Gasteiger partial charge in [-0.3, -0.25) is 0 Å². The average molecular weight is 344 g/mol. The first-order chi connectivity index (χ1) is 12.1. The molecule has 1 aromatic carbocycles. The Balaban J connectivity index is 3.06. The van der Waals surface area contributed by atoms with Crippen molar-refractivity contribution in [3.8, 4) is 0 Å². The Hall–Kier alpha value is -1.36. The van der Waals surface area contributed by atoms with E-state index in [4.69, 9.17) is 14.1 Å². The molecule has 0 bridgehead atoms. The summed E-state index contributed by atoms with van der Waals surface area (Å²) in [5, 5.41) is 0. The number of rotatable bonds is 12. The van der Waals surface area contributed by atoms with E-state index in [9.17, 15) is 0 Å². The molecule has 3 nitrogen and oxygen atoms in total. The molecule has 138 valence electrons. The largest absolute Gasteiger partial charge is 0.426 e. The highest BCUT2D eigenvalue weighted by molar-refractivity contribution is 6.75. The lowest BCUT2D eigenvalue weighted by molar-refractivity contribution is -0.00700. The van der Waals surface area contributed by atoms with Crippen molar-refractivity contribution >= 4 is 12.4 Å². The van der Waals surface area contributed by atoms with Crippen LogP contribution in [0.3, 0.4) is 0 Å². The van der Waals surface area contributed by atoms with E-state index in [1.807, 2.05) is 13.0 Å². The van der Waals surface area contributed by atoms with Gasteiger partial charge in [0.15, 0.2) is 0 Å². The van der Waals surface area contributed by atoms with Gasteiger partial charge in [-0.2, -0.15) is 0 Å². The molecule has 25 heavy (non-hydrogen) atoms. The van der Waals surface area contributed by atoms with Crippen LogP contribution < -0.4 is 5.46 Å². The number of methoxy groups -OCH3 is 2. The lowest BCUT2D eigenvalue weighted by Crippen LogP contribution is -2.42. The molecule has 1 aromatic rings. The molecular weight excluding hydrogens is 311 g/mol. The Bertz CT molecular complexity index is 519. The molecule has 0 spiro atoms. The zero-order valence-corrected chi connectivity index (χ0v) is 16.5. The first-order valence-corrected chi connectivity index (χ1v) is 9.07. The third-order valence-corrected chi connectivity index (χ3v) is 4.02. The van der Waals surface area contributed by atoms with Crippen molar-refractivity contribution in [3.05, 3.63) is 54.0 Å². The number of hydrogen-bond acceptors (Lipinski definition) is 3. The molecule has 0 aliphatic carbocycles. The van der Waals surface area contributed by atoms with E-state index in [1.54, 1.807) is 14.2 Å². The number of benzene rings is 1. The summed E-state index contributed by atoms with van der Waals surface area (Å²) in [5.74, 6) is 0. The zero-order valence-electron chi connectivity index (χ0n) is 16.5. The fraction of sp³-hybridized carbons (Fsp3) is 0.524. The van der Waals surface area contributed by atoms with Gasteiger partial charge in [0.25, 0.3) is 0 Å². The van der Waals surface area contributed by atoms with Gasteiger partial charge in [-0.1, -0.05) is 68.8 Å². The molecule has 0 heterocycles. The summed E-state index contributed by atoms with van der Waals surface area (Å²) in [4.78, 5) is 0. The fourth-order valence-corrected chi connectivity index (χ4v) is 2.89. The van der Waals surface area contributed by atoms with E-state index in [0.717, 1.165) is 12.8 Å². The monoisotopic (exact) mass is 344 g/mol. The zero-order chi connectivity index (χ0) is 18.5. The van der Waals surface area contributed by atoms with Crippen LogP contribution in [-0.2, 0) is 14.1 Å². The fourth-order valence-electron chi connectivity index (χ4n) is 2.89. The summed E-state index contributed by atoms with van der Waals surface area (Å²) in [5.41, 5.74) is 2.19. The van der Waals surface area contributed by atoms with E-state index in [2.05, 4.69) is 56.3 Å². The predicted octanol–water partition coefficient (Wildman–Crippen LogP) is 4.04. The van der Waals surface area contributed by atoms with Gasteiger partial charge in [0, 0.05) is 26.2 Å². The van der Waals surface area contributed by atoms with Crippen molar-refractivity contribution < 1.29 is 14.1 Å². The van der Waals surface area contributed by atoms with Gasteiger partial charge >= 0.3 is 6.92 Å². The molecule has 0 unspecified atom stereocenters. The van der Waals surface area contributed by atoms with Gasteiger partial charge in [0.1, 0.15) is 0 Å². The number of ether oxygens (including phenoxy) is 2. The lowest BCUT2D eigenvalue weighted by atomic mass is 9.54. The van der Waals surface area contributed by atoms with E-state index in [0.29, 0.717) is 19.8 Å². The normalized spacial score (nSPS) is 12.8. The number of unbranched alkanes of at least 4 members (excludes halogenated alkanes) is 1. The first kappa shape index (κ1) is 21.7. The summed E-state index contributed by atoms with van der Waals surface area (Å²) in [6.07, 6.45) is 8.66. The third kappa shape index (κ3) is 7.60. The van der Waals surface area contributed by atoms with E-state index >= 15 is 0 Å². The maximum atomic E-state index is 6.43. The Morgan fingerprint density at radius 2 is 1.72 bits per heavy atom. The van der Waals surface area contributed by atoms with Crippen molar-refractivity contribution in [1.29, 1.82) is 0 Å². The van der Waals surface area contributed by atoms with Crippen molar-refractivity contribution in [1.82, 2.24) is 0 Å². The van der Waals surface area contributed by atoms with Crippen LogP contribution in [0.25, 0.3) is 0 Å². The smallest absolute Gasteiger partial charge is 0.361 e. The molecule has 0 N–H and O–H groups in total. The van der Waals surface area contributed by atoms with Crippen molar-refractivity contribution in [3.63, 3.8) is 0 Å².